The van der Waals surface area contributed by atoms with E-state index < -0.39 is 15.4 Å². The minimum atomic E-state index is -3.28. The number of likely N-dealkylation sites (tertiary alicyclic amines) is 2. The Bertz CT molecular complexity index is 609. The Morgan fingerprint density at radius 3 is 2.68 bits per heavy atom. The zero-order chi connectivity index (χ0) is 18.7. The van der Waals surface area contributed by atoms with Crippen molar-refractivity contribution in [1.82, 2.24) is 14.1 Å². The fourth-order valence-electron chi connectivity index (χ4n) is 3.61. The Labute approximate surface area is 150 Å². The van der Waals surface area contributed by atoms with Crippen molar-refractivity contribution in [2.24, 2.45) is 5.41 Å². The van der Waals surface area contributed by atoms with Crippen LogP contribution < -0.4 is 0 Å². The molecule has 1 spiro atoms. The Hall–Kier alpha value is -1.19. The van der Waals surface area contributed by atoms with Gasteiger partial charge in [0.1, 0.15) is 0 Å². The zero-order valence-corrected chi connectivity index (χ0v) is 16.2. The van der Waals surface area contributed by atoms with Crippen LogP contribution in [0.25, 0.3) is 0 Å². The van der Waals surface area contributed by atoms with E-state index in [1.54, 1.807) is 12.0 Å². The molecule has 0 unspecified atom stereocenters. The molecule has 2 amide bonds. The summed E-state index contributed by atoms with van der Waals surface area (Å²) in [6.07, 6.45) is 3.69. The molecule has 144 valence electrons. The van der Waals surface area contributed by atoms with E-state index in [-0.39, 0.29) is 24.8 Å². The van der Waals surface area contributed by atoms with E-state index in [1.165, 1.54) is 11.4 Å². The molecule has 25 heavy (non-hydrogen) atoms. The van der Waals surface area contributed by atoms with Crippen molar-refractivity contribution in [3.05, 3.63) is 0 Å². The fourth-order valence-corrected chi connectivity index (χ4v) is 4.03. The maximum absolute atomic E-state index is 12.9. The number of hydrogen-bond donors (Lipinski definition) is 0. The third-order valence-electron chi connectivity index (χ3n) is 5.30. The first-order chi connectivity index (χ1) is 11.7. The average molecular weight is 375 g/mol. The number of rotatable bonds is 7. The SMILES string of the molecule is COCCN1CCC[C@]2(CCN(C(=O)CCN(C)S(C)(=O)=O)C2)C1=O. The van der Waals surface area contributed by atoms with Crippen molar-refractivity contribution in [1.29, 1.82) is 0 Å². The third kappa shape index (κ3) is 4.71. The predicted molar refractivity (Wildman–Crippen MR) is 93.4 cm³/mol. The summed E-state index contributed by atoms with van der Waals surface area (Å²) in [5, 5.41) is 0. The molecule has 0 N–H and O–H groups in total. The first kappa shape index (κ1) is 20.1. The highest BCUT2D eigenvalue weighted by molar-refractivity contribution is 7.88. The molecule has 2 rings (SSSR count). The van der Waals surface area contributed by atoms with Crippen molar-refractivity contribution in [3.8, 4) is 0 Å². The second-order valence-electron chi connectivity index (χ2n) is 7.07. The van der Waals surface area contributed by atoms with Crippen LogP contribution in [0.3, 0.4) is 0 Å². The number of amides is 2. The van der Waals surface area contributed by atoms with E-state index in [9.17, 15) is 18.0 Å². The summed E-state index contributed by atoms with van der Waals surface area (Å²) in [5.74, 6) is 0.0357. The molecule has 0 aliphatic carbocycles. The summed E-state index contributed by atoms with van der Waals surface area (Å²) < 4.78 is 29.1. The van der Waals surface area contributed by atoms with Crippen LogP contribution in [0.4, 0.5) is 0 Å². The van der Waals surface area contributed by atoms with Gasteiger partial charge in [-0.05, 0) is 19.3 Å². The van der Waals surface area contributed by atoms with Gasteiger partial charge in [0.15, 0.2) is 0 Å². The Kier molecular flexibility index (Phi) is 6.45. The molecule has 0 aromatic carbocycles. The molecule has 0 radical (unpaired) electrons. The van der Waals surface area contributed by atoms with Crippen molar-refractivity contribution >= 4 is 21.8 Å². The number of carbonyl (C=O) groups is 2. The van der Waals surface area contributed by atoms with Crippen molar-refractivity contribution in [3.63, 3.8) is 0 Å². The zero-order valence-electron chi connectivity index (χ0n) is 15.4. The summed E-state index contributed by atoms with van der Waals surface area (Å²) in [6, 6.07) is 0. The van der Waals surface area contributed by atoms with Crippen LogP contribution in [0.2, 0.25) is 0 Å². The number of ether oxygens (including phenoxy) is 1. The fraction of sp³-hybridized carbons (Fsp3) is 0.875. The minimum Gasteiger partial charge on any atom is -0.383 e. The Morgan fingerprint density at radius 2 is 2.04 bits per heavy atom. The van der Waals surface area contributed by atoms with Gasteiger partial charge in [-0.15, -0.1) is 0 Å². The van der Waals surface area contributed by atoms with Gasteiger partial charge in [0.2, 0.25) is 21.8 Å². The lowest BCUT2D eigenvalue weighted by Crippen LogP contribution is -2.51. The van der Waals surface area contributed by atoms with E-state index >= 15 is 0 Å². The van der Waals surface area contributed by atoms with E-state index in [4.69, 9.17) is 4.74 Å². The van der Waals surface area contributed by atoms with Gasteiger partial charge in [0.25, 0.3) is 0 Å². The van der Waals surface area contributed by atoms with Crippen molar-refractivity contribution < 1.29 is 22.7 Å². The van der Waals surface area contributed by atoms with Crippen LogP contribution in [0.1, 0.15) is 25.7 Å². The first-order valence-electron chi connectivity index (χ1n) is 8.67. The van der Waals surface area contributed by atoms with Crippen LogP contribution in [-0.2, 0) is 24.3 Å². The van der Waals surface area contributed by atoms with Gasteiger partial charge in [0.05, 0.1) is 18.3 Å². The minimum absolute atomic E-state index is 0.0887. The number of hydrogen-bond acceptors (Lipinski definition) is 5. The lowest BCUT2D eigenvalue weighted by Gasteiger charge is -2.39. The highest BCUT2D eigenvalue weighted by Gasteiger charge is 2.49. The van der Waals surface area contributed by atoms with Crippen molar-refractivity contribution in [2.75, 3.05) is 59.7 Å². The Morgan fingerprint density at radius 1 is 1.32 bits per heavy atom. The molecule has 2 saturated heterocycles. The molecule has 9 heteroatoms. The quantitative estimate of drug-likeness (QED) is 0.613. The normalized spacial score (nSPS) is 24.6. The number of nitrogens with zero attached hydrogens (tertiary/aromatic N) is 3. The monoisotopic (exact) mass is 375 g/mol. The number of carbonyl (C=O) groups excluding carboxylic acids is 2. The summed E-state index contributed by atoms with van der Waals surface area (Å²) in [4.78, 5) is 28.9. The van der Waals surface area contributed by atoms with Crippen LogP contribution in [0, 0.1) is 5.41 Å². The summed E-state index contributed by atoms with van der Waals surface area (Å²) in [7, 11) is -0.201. The van der Waals surface area contributed by atoms with Crippen LogP contribution in [0.5, 0.6) is 0 Å². The topological polar surface area (TPSA) is 87.2 Å². The van der Waals surface area contributed by atoms with E-state index in [1.807, 2.05) is 4.90 Å². The van der Waals surface area contributed by atoms with Crippen molar-refractivity contribution in [2.45, 2.75) is 25.7 Å². The summed E-state index contributed by atoms with van der Waals surface area (Å²) in [5.41, 5.74) is -0.468. The largest absolute Gasteiger partial charge is 0.383 e. The molecule has 0 saturated carbocycles. The third-order valence-corrected chi connectivity index (χ3v) is 6.62. The molecule has 2 heterocycles. The predicted octanol–water partition coefficient (Wildman–Crippen LogP) is -0.245. The number of sulfonamides is 1. The number of methoxy groups -OCH3 is 1. The van der Waals surface area contributed by atoms with E-state index in [0.29, 0.717) is 32.7 Å². The highest BCUT2D eigenvalue weighted by Crippen LogP contribution is 2.40. The summed E-state index contributed by atoms with van der Waals surface area (Å²) in [6.45, 7) is 3.01. The van der Waals surface area contributed by atoms with Crippen LogP contribution in [0.15, 0.2) is 0 Å². The standard InChI is InChI=1S/C16H29N3O5S/c1-17(25(3,22)23)9-5-14(20)19-10-7-16(13-19)6-4-8-18(15(16)21)11-12-24-2/h4-13H2,1-3H3/t16-/m1/s1. The molecule has 0 aromatic heterocycles. The molecule has 8 nitrogen and oxygen atoms in total. The van der Waals surface area contributed by atoms with Crippen LogP contribution in [-0.4, -0.2) is 94.1 Å². The second kappa shape index (κ2) is 8.01. The van der Waals surface area contributed by atoms with E-state index in [2.05, 4.69) is 0 Å². The molecule has 0 bridgehead atoms. The molecule has 2 aliphatic heterocycles. The van der Waals surface area contributed by atoms with Gasteiger partial charge in [-0.25, -0.2) is 12.7 Å². The highest BCUT2D eigenvalue weighted by atomic mass is 32.2. The lowest BCUT2D eigenvalue weighted by molar-refractivity contribution is -0.146. The molecule has 1 atom stereocenters. The maximum Gasteiger partial charge on any atom is 0.230 e. The van der Waals surface area contributed by atoms with Gasteiger partial charge in [0, 0.05) is 53.3 Å². The molecular formula is C16H29N3O5S. The first-order valence-corrected chi connectivity index (χ1v) is 10.5. The molecule has 2 aliphatic rings. The van der Waals surface area contributed by atoms with E-state index in [0.717, 1.165) is 25.6 Å². The molecule has 2 fully saturated rings. The molecular weight excluding hydrogens is 346 g/mol. The van der Waals surface area contributed by atoms with Gasteiger partial charge in [-0.3, -0.25) is 9.59 Å². The van der Waals surface area contributed by atoms with Gasteiger partial charge >= 0.3 is 0 Å². The second-order valence-corrected chi connectivity index (χ2v) is 9.16. The smallest absolute Gasteiger partial charge is 0.230 e. The average Bonchev–Trinajstić information content (AvgIpc) is 2.98. The number of piperidine rings is 1. The maximum atomic E-state index is 12.9. The van der Waals surface area contributed by atoms with Gasteiger partial charge in [-0.1, -0.05) is 0 Å². The van der Waals surface area contributed by atoms with Gasteiger partial charge < -0.3 is 14.5 Å². The van der Waals surface area contributed by atoms with Crippen LogP contribution >= 0.6 is 0 Å². The van der Waals surface area contributed by atoms with Gasteiger partial charge in [-0.2, -0.15) is 0 Å². The Balaban J connectivity index is 1.93. The molecule has 0 aromatic rings. The lowest BCUT2D eigenvalue weighted by atomic mass is 9.78. The summed E-state index contributed by atoms with van der Waals surface area (Å²) >= 11 is 0.